The molecule has 144 valence electrons. The fourth-order valence-corrected chi connectivity index (χ4v) is 3.83. The molecule has 1 aromatic heterocycles. The Morgan fingerprint density at radius 2 is 1.75 bits per heavy atom. The Labute approximate surface area is 173 Å². The first-order valence-corrected chi connectivity index (χ1v) is 10.8. The van der Waals surface area contributed by atoms with E-state index >= 15 is 0 Å². The van der Waals surface area contributed by atoms with Crippen LogP contribution in [0, 0.1) is 0 Å². The molecule has 0 unspecified atom stereocenters. The summed E-state index contributed by atoms with van der Waals surface area (Å²) in [6.07, 6.45) is 2.75. The van der Waals surface area contributed by atoms with Crippen LogP contribution in [0.25, 0.3) is 11.3 Å². The number of rotatable bonds is 4. The number of carbonyl (C=O) groups excluding carboxylic acids is 1. The molecule has 0 atom stereocenters. The topological polar surface area (TPSA) is 67.3 Å². The first kappa shape index (κ1) is 20.3. The SMILES string of the molecule is CN(C(=O)c1ccc(S(C)(=O)=O)cc1Cl)c1ccc(Cl)c(-c2ccccn2)c1. The number of pyridine rings is 1. The second kappa shape index (κ2) is 7.91. The Morgan fingerprint density at radius 3 is 2.36 bits per heavy atom. The number of aromatic nitrogens is 1. The third-order valence-corrected chi connectivity index (χ3v) is 5.93. The maximum atomic E-state index is 12.9. The van der Waals surface area contributed by atoms with Crippen molar-refractivity contribution in [1.29, 1.82) is 0 Å². The highest BCUT2D eigenvalue weighted by molar-refractivity contribution is 7.90. The van der Waals surface area contributed by atoms with Crippen molar-refractivity contribution in [2.75, 3.05) is 18.2 Å². The van der Waals surface area contributed by atoms with Crippen LogP contribution in [0.2, 0.25) is 10.0 Å². The van der Waals surface area contributed by atoms with E-state index in [1.165, 1.54) is 23.1 Å². The molecule has 1 amide bonds. The average molecular weight is 435 g/mol. The molecule has 28 heavy (non-hydrogen) atoms. The van der Waals surface area contributed by atoms with E-state index in [-0.39, 0.29) is 21.4 Å². The number of anilines is 1. The number of benzene rings is 2. The molecule has 0 bridgehead atoms. The van der Waals surface area contributed by atoms with Crippen molar-refractivity contribution in [3.63, 3.8) is 0 Å². The zero-order chi connectivity index (χ0) is 20.5. The van der Waals surface area contributed by atoms with Gasteiger partial charge in [-0.1, -0.05) is 29.3 Å². The number of sulfone groups is 1. The van der Waals surface area contributed by atoms with Crippen molar-refractivity contribution >= 4 is 44.6 Å². The summed E-state index contributed by atoms with van der Waals surface area (Å²) in [7, 11) is -1.81. The summed E-state index contributed by atoms with van der Waals surface area (Å²) in [6.45, 7) is 0. The van der Waals surface area contributed by atoms with Gasteiger partial charge in [0.25, 0.3) is 5.91 Å². The minimum absolute atomic E-state index is 0.0561. The maximum Gasteiger partial charge on any atom is 0.259 e. The van der Waals surface area contributed by atoms with Crippen LogP contribution >= 0.6 is 23.2 Å². The summed E-state index contributed by atoms with van der Waals surface area (Å²) in [5, 5.41) is 0.581. The summed E-state index contributed by atoms with van der Waals surface area (Å²) in [6, 6.07) is 14.7. The molecule has 0 saturated heterocycles. The molecule has 5 nitrogen and oxygen atoms in total. The number of halogens is 2. The van der Waals surface area contributed by atoms with E-state index in [4.69, 9.17) is 23.2 Å². The molecule has 8 heteroatoms. The van der Waals surface area contributed by atoms with Gasteiger partial charge in [-0.3, -0.25) is 9.78 Å². The van der Waals surface area contributed by atoms with E-state index in [1.807, 2.05) is 12.1 Å². The van der Waals surface area contributed by atoms with E-state index in [0.717, 1.165) is 6.26 Å². The van der Waals surface area contributed by atoms with Gasteiger partial charge in [0, 0.05) is 30.8 Å². The first-order valence-electron chi connectivity index (χ1n) is 8.17. The molecule has 0 aliphatic heterocycles. The molecule has 0 N–H and O–H groups in total. The minimum Gasteiger partial charge on any atom is -0.311 e. The number of hydrogen-bond donors (Lipinski definition) is 0. The van der Waals surface area contributed by atoms with E-state index in [1.54, 1.807) is 37.5 Å². The van der Waals surface area contributed by atoms with Crippen molar-refractivity contribution in [3.8, 4) is 11.3 Å². The average Bonchev–Trinajstić information content (AvgIpc) is 2.67. The van der Waals surface area contributed by atoms with Gasteiger partial charge >= 0.3 is 0 Å². The van der Waals surface area contributed by atoms with Crippen LogP contribution in [0.4, 0.5) is 5.69 Å². The van der Waals surface area contributed by atoms with Crippen LogP contribution in [-0.2, 0) is 9.84 Å². The molecule has 0 saturated carbocycles. The Morgan fingerprint density at radius 1 is 1.00 bits per heavy atom. The summed E-state index contributed by atoms with van der Waals surface area (Å²) >= 11 is 12.5. The molecular weight excluding hydrogens is 419 g/mol. The van der Waals surface area contributed by atoms with Crippen molar-refractivity contribution in [2.45, 2.75) is 4.90 Å². The molecule has 3 rings (SSSR count). The normalized spacial score (nSPS) is 11.3. The lowest BCUT2D eigenvalue weighted by atomic mass is 10.1. The van der Waals surface area contributed by atoms with Gasteiger partial charge in [0.1, 0.15) is 0 Å². The lowest BCUT2D eigenvalue weighted by Crippen LogP contribution is -2.26. The molecule has 0 radical (unpaired) electrons. The maximum absolute atomic E-state index is 12.9. The van der Waals surface area contributed by atoms with Gasteiger partial charge in [-0.15, -0.1) is 0 Å². The number of nitrogens with zero attached hydrogens (tertiary/aromatic N) is 2. The van der Waals surface area contributed by atoms with E-state index in [9.17, 15) is 13.2 Å². The smallest absolute Gasteiger partial charge is 0.259 e. The van der Waals surface area contributed by atoms with Gasteiger partial charge in [-0.25, -0.2) is 8.42 Å². The van der Waals surface area contributed by atoms with E-state index in [2.05, 4.69) is 4.98 Å². The fourth-order valence-electron chi connectivity index (χ4n) is 2.64. The van der Waals surface area contributed by atoms with Gasteiger partial charge in [-0.2, -0.15) is 0 Å². The second-order valence-corrected chi connectivity index (χ2v) is 8.99. The van der Waals surface area contributed by atoms with Crippen LogP contribution < -0.4 is 4.90 Å². The molecule has 0 aliphatic rings. The molecule has 0 aliphatic carbocycles. The Balaban J connectivity index is 1.96. The highest BCUT2D eigenvalue weighted by Gasteiger charge is 2.20. The van der Waals surface area contributed by atoms with Crippen LogP contribution in [0.15, 0.2) is 65.7 Å². The Kier molecular flexibility index (Phi) is 5.74. The van der Waals surface area contributed by atoms with Gasteiger partial charge in [-0.05, 0) is 48.5 Å². The van der Waals surface area contributed by atoms with Crippen molar-refractivity contribution in [2.24, 2.45) is 0 Å². The third kappa shape index (κ3) is 4.19. The standard InChI is InChI=1S/C20H16Cl2N2O3S/c1-24(20(25)15-8-7-14(12-18(15)22)28(2,26)27)13-6-9-17(21)16(11-13)19-5-3-4-10-23-19/h3-12H,1-2H3. The first-order chi connectivity index (χ1) is 13.2. The minimum atomic E-state index is -3.41. The highest BCUT2D eigenvalue weighted by Crippen LogP contribution is 2.31. The number of hydrogen-bond acceptors (Lipinski definition) is 4. The van der Waals surface area contributed by atoms with Gasteiger partial charge in [0.15, 0.2) is 9.84 Å². The predicted molar refractivity (Wildman–Crippen MR) is 112 cm³/mol. The van der Waals surface area contributed by atoms with Crippen LogP contribution in [-0.4, -0.2) is 32.6 Å². The van der Waals surface area contributed by atoms with Gasteiger partial charge < -0.3 is 4.90 Å². The second-order valence-electron chi connectivity index (χ2n) is 6.16. The number of amides is 1. The Bertz CT molecular complexity index is 1150. The lowest BCUT2D eigenvalue weighted by Gasteiger charge is -2.19. The monoisotopic (exact) mass is 434 g/mol. The van der Waals surface area contributed by atoms with Crippen molar-refractivity contribution in [3.05, 3.63) is 76.4 Å². The molecule has 0 fully saturated rings. The molecule has 1 heterocycles. The molecule has 2 aromatic carbocycles. The van der Waals surface area contributed by atoms with Gasteiger partial charge in [0.2, 0.25) is 0 Å². The third-order valence-electron chi connectivity index (χ3n) is 4.18. The van der Waals surface area contributed by atoms with E-state index < -0.39 is 9.84 Å². The molecule has 0 spiro atoms. The van der Waals surface area contributed by atoms with Crippen LogP contribution in [0.5, 0.6) is 0 Å². The summed E-state index contributed by atoms with van der Waals surface area (Å²) in [5.74, 6) is -0.376. The summed E-state index contributed by atoms with van der Waals surface area (Å²) < 4.78 is 23.3. The van der Waals surface area contributed by atoms with Crippen molar-refractivity contribution < 1.29 is 13.2 Å². The Hall–Kier alpha value is -2.41. The lowest BCUT2D eigenvalue weighted by molar-refractivity contribution is 0.0993. The highest BCUT2D eigenvalue weighted by atomic mass is 35.5. The van der Waals surface area contributed by atoms with Crippen molar-refractivity contribution in [1.82, 2.24) is 4.98 Å². The molecule has 3 aromatic rings. The zero-order valence-corrected chi connectivity index (χ0v) is 17.4. The summed E-state index contributed by atoms with van der Waals surface area (Å²) in [4.78, 5) is 18.7. The zero-order valence-electron chi connectivity index (χ0n) is 15.1. The fraction of sp³-hybridized carbons (Fsp3) is 0.100. The molecular formula is C20H16Cl2N2O3S. The summed E-state index contributed by atoms with van der Waals surface area (Å²) in [5.41, 5.74) is 2.17. The predicted octanol–water partition coefficient (Wildman–Crippen LogP) is 4.74. The number of carbonyl (C=O) groups is 1. The van der Waals surface area contributed by atoms with Gasteiger partial charge in [0.05, 0.1) is 26.2 Å². The quantitative estimate of drug-likeness (QED) is 0.594. The van der Waals surface area contributed by atoms with Crippen LogP contribution in [0.1, 0.15) is 10.4 Å². The largest absolute Gasteiger partial charge is 0.311 e. The van der Waals surface area contributed by atoms with E-state index in [0.29, 0.717) is 22.0 Å². The van der Waals surface area contributed by atoms with Crippen LogP contribution in [0.3, 0.4) is 0 Å².